The summed E-state index contributed by atoms with van der Waals surface area (Å²) in [4.78, 5) is 4.68. The Morgan fingerprint density at radius 2 is 2.27 bits per heavy atom. The average Bonchev–Trinajstić information content (AvgIpc) is 2.76. The predicted molar refractivity (Wildman–Crippen MR) is 62.3 cm³/mol. The van der Waals surface area contributed by atoms with Gasteiger partial charge in [-0.05, 0) is 32.2 Å². The SMILES string of the molecule is NCCCc1csc(C2CCOCC2)n1. The number of thiazole rings is 1. The van der Waals surface area contributed by atoms with E-state index >= 15 is 0 Å². The number of nitrogens with two attached hydrogens (primary N) is 1. The van der Waals surface area contributed by atoms with Gasteiger partial charge in [-0.1, -0.05) is 0 Å². The highest BCUT2D eigenvalue weighted by Gasteiger charge is 2.18. The van der Waals surface area contributed by atoms with Crippen molar-refractivity contribution >= 4 is 11.3 Å². The van der Waals surface area contributed by atoms with Crippen LogP contribution < -0.4 is 5.73 Å². The Morgan fingerprint density at radius 3 is 3.00 bits per heavy atom. The summed E-state index contributed by atoms with van der Waals surface area (Å²) in [7, 11) is 0. The maximum Gasteiger partial charge on any atom is 0.0960 e. The van der Waals surface area contributed by atoms with E-state index in [2.05, 4.69) is 10.4 Å². The van der Waals surface area contributed by atoms with E-state index in [1.165, 1.54) is 10.7 Å². The van der Waals surface area contributed by atoms with Crippen molar-refractivity contribution in [3.05, 3.63) is 16.1 Å². The van der Waals surface area contributed by atoms with Crippen molar-refractivity contribution in [3.8, 4) is 0 Å². The van der Waals surface area contributed by atoms with E-state index in [-0.39, 0.29) is 0 Å². The highest BCUT2D eigenvalue weighted by Crippen LogP contribution is 2.29. The summed E-state index contributed by atoms with van der Waals surface area (Å²) >= 11 is 1.80. The molecule has 1 aliphatic rings. The Balaban J connectivity index is 1.93. The molecule has 1 aromatic heterocycles. The van der Waals surface area contributed by atoms with Crippen molar-refractivity contribution in [1.82, 2.24) is 4.98 Å². The fraction of sp³-hybridized carbons (Fsp3) is 0.727. The first kappa shape index (κ1) is 11.0. The first-order valence-corrected chi connectivity index (χ1v) is 6.50. The van der Waals surface area contributed by atoms with E-state index in [0.29, 0.717) is 5.92 Å². The fourth-order valence-electron chi connectivity index (χ4n) is 1.85. The van der Waals surface area contributed by atoms with Crippen molar-refractivity contribution in [2.45, 2.75) is 31.6 Å². The van der Waals surface area contributed by atoms with Gasteiger partial charge >= 0.3 is 0 Å². The molecule has 0 radical (unpaired) electrons. The predicted octanol–water partition coefficient (Wildman–Crippen LogP) is 1.93. The normalized spacial score (nSPS) is 18.2. The molecule has 84 valence electrons. The molecular weight excluding hydrogens is 208 g/mol. The number of hydrogen-bond acceptors (Lipinski definition) is 4. The first-order chi connectivity index (χ1) is 7.40. The number of aryl methyl sites for hydroxylation is 1. The maximum atomic E-state index is 5.49. The zero-order valence-electron chi connectivity index (χ0n) is 8.95. The molecule has 1 saturated heterocycles. The lowest BCUT2D eigenvalue weighted by Crippen LogP contribution is -2.13. The molecule has 1 aromatic rings. The molecule has 3 nitrogen and oxygen atoms in total. The molecule has 2 N–H and O–H groups in total. The number of rotatable bonds is 4. The molecule has 0 aliphatic carbocycles. The van der Waals surface area contributed by atoms with Gasteiger partial charge in [-0.3, -0.25) is 0 Å². The van der Waals surface area contributed by atoms with E-state index < -0.39 is 0 Å². The van der Waals surface area contributed by atoms with Gasteiger partial charge in [0.05, 0.1) is 10.7 Å². The largest absolute Gasteiger partial charge is 0.381 e. The second kappa shape index (κ2) is 5.58. The summed E-state index contributed by atoms with van der Waals surface area (Å²) in [6.07, 6.45) is 4.32. The van der Waals surface area contributed by atoms with Crippen LogP contribution in [0.1, 0.15) is 35.9 Å². The van der Waals surface area contributed by atoms with Crippen LogP contribution in [0.2, 0.25) is 0 Å². The van der Waals surface area contributed by atoms with E-state index in [0.717, 1.165) is 45.4 Å². The lowest BCUT2D eigenvalue weighted by Gasteiger charge is -2.19. The molecule has 1 aliphatic heterocycles. The monoisotopic (exact) mass is 226 g/mol. The quantitative estimate of drug-likeness (QED) is 0.853. The molecular formula is C11H18N2OS. The smallest absolute Gasteiger partial charge is 0.0960 e. The average molecular weight is 226 g/mol. The molecule has 0 bridgehead atoms. The number of nitrogens with zero attached hydrogens (tertiary/aromatic N) is 1. The summed E-state index contributed by atoms with van der Waals surface area (Å²) < 4.78 is 5.35. The molecule has 0 unspecified atom stereocenters. The Morgan fingerprint density at radius 1 is 1.47 bits per heavy atom. The summed E-state index contributed by atoms with van der Waals surface area (Å²) in [6, 6.07) is 0. The standard InChI is InChI=1S/C11H18N2OS/c12-5-1-2-10-8-15-11(13-10)9-3-6-14-7-4-9/h8-9H,1-7,12H2. The van der Waals surface area contributed by atoms with Gasteiger partial charge in [-0.15, -0.1) is 11.3 Å². The van der Waals surface area contributed by atoms with Crippen LogP contribution in [0.25, 0.3) is 0 Å². The summed E-state index contributed by atoms with van der Waals surface area (Å²) in [5.74, 6) is 0.635. The minimum Gasteiger partial charge on any atom is -0.381 e. The highest BCUT2D eigenvalue weighted by molar-refractivity contribution is 7.09. The zero-order valence-corrected chi connectivity index (χ0v) is 9.76. The minimum atomic E-state index is 0.635. The highest BCUT2D eigenvalue weighted by atomic mass is 32.1. The third kappa shape index (κ3) is 3.00. The van der Waals surface area contributed by atoms with Gasteiger partial charge in [0.1, 0.15) is 0 Å². The van der Waals surface area contributed by atoms with Crippen molar-refractivity contribution in [2.75, 3.05) is 19.8 Å². The van der Waals surface area contributed by atoms with Crippen LogP contribution in [0.4, 0.5) is 0 Å². The summed E-state index contributed by atoms with van der Waals surface area (Å²) in [5.41, 5.74) is 6.70. The maximum absolute atomic E-state index is 5.49. The van der Waals surface area contributed by atoms with Crippen LogP contribution in [0.5, 0.6) is 0 Å². The van der Waals surface area contributed by atoms with Gasteiger partial charge in [0.15, 0.2) is 0 Å². The van der Waals surface area contributed by atoms with Crippen LogP contribution in [-0.2, 0) is 11.2 Å². The van der Waals surface area contributed by atoms with Crippen molar-refractivity contribution in [2.24, 2.45) is 5.73 Å². The summed E-state index contributed by atoms with van der Waals surface area (Å²) in [6.45, 7) is 2.54. The molecule has 0 saturated carbocycles. The molecule has 2 heterocycles. The van der Waals surface area contributed by atoms with Gasteiger partial charge in [0, 0.05) is 24.5 Å². The van der Waals surface area contributed by atoms with Gasteiger partial charge in [-0.25, -0.2) is 4.98 Å². The second-order valence-corrected chi connectivity index (χ2v) is 4.85. The molecule has 0 spiro atoms. The molecule has 1 fully saturated rings. The van der Waals surface area contributed by atoms with Crippen LogP contribution >= 0.6 is 11.3 Å². The van der Waals surface area contributed by atoms with Gasteiger partial charge in [0.2, 0.25) is 0 Å². The van der Waals surface area contributed by atoms with Gasteiger partial charge < -0.3 is 10.5 Å². The Hall–Kier alpha value is -0.450. The summed E-state index contributed by atoms with van der Waals surface area (Å²) in [5, 5.41) is 3.48. The lowest BCUT2D eigenvalue weighted by molar-refractivity contribution is 0.0852. The van der Waals surface area contributed by atoms with E-state index in [4.69, 9.17) is 10.5 Å². The molecule has 15 heavy (non-hydrogen) atoms. The molecule has 0 atom stereocenters. The van der Waals surface area contributed by atoms with Crippen LogP contribution in [0.15, 0.2) is 5.38 Å². The molecule has 4 heteroatoms. The van der Waals surface area contributed by atoms with E-state index in [1.54, 1.807) is 11.3 Å². The second-order valence-electron chi connectivity index (χ2n) is 3.96. The van der Waals surface area contributed by atoms with Crippen molar-refractivity contribution in [3.63, 3.8) is 0 Å². The van der Waals surface area contributed by atoms with E-state index in [1.807, 2.05) is 0 Å². The Kier molecular flexibility index (Phi) is 4.11. The Labute approximate surface area is 94.7 Å². The topological polar surface area (TPSA) is 48.1 Å². The lowest BCUT2D eigenvalue weighted by atomic mass is 10.0. The first-order valence-electron chi connectivity index (χ1n) is 5.62. The molecule has 2 rings (SSSR count). The number of ether oxygens (including phenoxy) is 1. The van der Waals surface area contributed by atoms with Crippen LogP contribution in [0.3, 0.4) is 0 Å². The number of aromatic nitrogens is 1. The molecule has 0 amide bonds. The zero-order chi connectivity index (χ0) is 10.5. The Bertz CT molecular complexity index is 295. The third-order valence-corrected chi connectivity index (χ3v) is 3.83. The van der Waals surface area contributed by atoms with Gasteiger partial charge in [-0.2, -0.15) is 0 Å². The minimum absolute atomic E-state index is 0.635. The van der Waals surface area contributed by atoms with Crippen LogP contribution in [0, 0.1) is 0 Å². The van der Waals surface area contributed by atoms with Crippen molar-refractivity contribution < 1.29 is 4.74 Å². The van der Waals surface area contributed by atoms with Gasteiger partial charge in [0.25, 0.3) is 0 Å². The third-order valence-electron chi connectivity index (χ3n) is 2.78. The van der Waals surface area contributed by atoms with Crippen LogP contribution in [-0.4, -0.2) is 24.7 Å². The number of hydrogen-bond donors (Lipinski definition) is 1. The molecule has 0 aromatic carbocycles. The van der Waals surface area contributed by atoms with Crippen molar-refractivity contribution in [1.29, 1.82) is 0 Å². The fourth-order valence-corrected chi connectivity index (χ4v) is 2.88. The van der Waals surface area contributed by atoms with E-state index in [9.17, 15) is 0 Å².